The Labute approximate surface area is 308 Å². The minimum absolute atomic E-state index is 0.0460. The zero-order chi connectivity index (χ0) is 36.2. The summed E-state index contributed by atoms with van der Waals surface area (Å²) < 4.78 is 36.0. The van der Waals surface area contributed by atoms with E-state index in [-0.39, 0.29) is 92.6 Å². The first-order chi connectivity index (χ1) is 24.5. The van der Waals surface area contributed by atoms with E-state index in [1.807, 2.05) is 34.4 Å². The molecular formula is C35H34F2IN5O7S. The molecule has 0 saturated carbocycles. The van der Waals surface area contributed by atoms with Gasteiger partial charge in [0.15, 0.2) is 17.4 Å². The number of rotatable bonds is 13. The molecule has 268 valence electrons. The lowest BCUT2D eigenvalue weighted by molar-refractivity contribution is -0.121. The first kappa shape index (κ1) is 36.3. The summed E-state index contributed by atoms with van der Waals surface area (Å²) in [4.78, 5) is 62.5. The monoisotopic (exact) mass is 833 g/mol. The number of hydrogen-bond donors (Lipinski definition) is 6. The van der Waals surface area contributed by atoms with Gasteiger partial charge in [0.05, 0.1) is 28.6 Å². The number of alkyl halides is 1. The molecule has 2 fully saturated rings. The third-order valence-corrected chi connectivity index (χ3v) is 11.1. The maximum absolute atomic E-state index is 15.2. The van der Waals surface area contributed by atoms with Crippen molar-refractivity contribution in [2.75, 3.05) is 23.3 Å². The highest BCUT2D eigenvalue weighted by Gasteiger charge is 2.42. The molecule has 3 aliphatic heterocycles. The van der Waals surface area contributed by atoms with Crippen molar-refractivity contribution in [2.45, 2.75) is 49.6 Å². The molecule has 2 saturated heterocycles. The number of hydrogen-bond acceptors (Lipinski definition) is 8. The normalized spacial score (nSPS) is 17.9. The molecule has 2 aromatic rings. The first-order valence-corrected chi connectivity index (χ1v) is 18.9. The van der Waals surface area contributed by atoms with Crippen LogP contribution in [0.5, 0.6) is 5.75 Å². The Morgan fingerprint density at radius 2 is 1.75 bits per heavy atom. The van der Waals surface area contributed by atoms with E-state index in [0.717, 1.165) is 36.8 Å². The number of aromatic hydroxyl groups is 1. The number of carbonyl (C=O) groups is 4. The number of thioether (sulfide) groups is 1. The van der Waals surface area contributed by atoms with Crippen molar-refractivity contribution in [3.8, 4) is 28.2 Å². The number of phenolic OH excluding ortho intramolecular Hbond substituents is 1. The van der Waals surface area contributed by atoms with Gasteiger partial charge in [-0.1, -0.05) is 47.2 Å². The zero-order valence-electron chi connectivity index (χ0n) is 27.1. The fourth-order valence-corrected chi connectivity index (χ4v) is 8.28. The molecule has 4 aliphatic rings. The van der Waals surface area contributed by atoms with Gasteiger partial charge in [-0.05, 0) is 36.6 Å². The minimum Gasteiger partial charge on any atom is -0.505 e. The molecule has 5 amide bonds. The number of nitrogens with one attached hydrogen (secondary N) is 5. The van der Waals surface area contributed by atoms with Crippen LogP contribution in [0, 0.1) is 11.6 Å². The van der Waals surface area contributed by atoms with Gasteiger partial charge in [0.1, 0.15) is 11.3 Å². The number of fused-ring (bicyclic) bond motifs is 3. The Morgan fingerprint density at radius 3 is 2.55 bits per heavy atom. The summed E-state index contributed by atoms with van der Waals surface area (Å²) in [6.07, 6.45) is 2.74. The van der Waals surface area contributed by atoms with Crippen LogP contribution in [0.1, 0.15) is 41.6 Å². The minimum atomic E-state index is -1.14. The van der Waals surface area contributed by atoms with Gasteiger partial charge in [-0.25, -0.2) is 13.6 Å². The molecule has 0 bridgehead atoms. The smallest absolute Gasteiger partial charge is 0.315 e. The highest BCUT2D eigenvalue weighted by Crippen LogP contribution is 2.44. The highest BCUT2D eigenvalue weighted by atomic mass is 127. The predicted molar refractivity (Wildman–Crippen MR) is 196 cm³/mol. The standard InChI is InChI=1S/C35H34F2IN5O7S/c36-22-11-19-26(13-25(22)44)50-33-20(12-23(37)32(47)21(33)15-41-29(46)14-38)30(19)17-5-1-2-6-18(17)34(48)40-10-9-39-28(45)8-4-3-7-27-31-24(16-51-27)42-35(49)43-31/h1-2,5-6,11-13,24,27,31,44H,3-4,7-10,14-16H2,(H,39,45)(H,40,48)(H,41,46)(H2,42,43,49). The molecule has 0 radical (unpaired) electrons. The predicted octanol–water partition coefficient (Wildman–Crippen LogP) is 4.17. The molecule has 51 heavy (non-hydrogen) atoms. The van der Waals surface area contributed by atoms with Crippen molar-refractivity contribution in [1.82, 2.24) is 26.6 Å². The van der Waals surface area contributed by atoms with Crippen molar-refractivity contribution in [1.29, 1.82) is 0 Å². The molecular weight excluding hydrogens is 799 g/mol. The van der Waals surface area contributed by atoms with E-state index in [4.69, 9.17) is 4.42 Å². The fraction of sp³-hybridized carbons (Fsp3) is 0.343. The third kappa shape index (κ3) is 7.90. The SMILES string of the molecule is O=C(CI)NCc1c2oc3cc(O)c(F)cc3c(-c3ccccc3C(=O)NCCNC(=O)CCCCC3SCC4NC(=O)NC43)c-2cc(F)c1=O. The first-order valence-electron chi connectivity index (χ1n) is 16.3. The van der Waals surface area contributed by atoms with Crippen LogP contribution in [0.25, 0.3) is 33.4 Å². The summed E-state index contributed by atoms with van der Waals surface area (Å²) in [7, 11) is 0. The molecule has 1 aliphatic carbocycles. The van der Waals surface area contributed by atoms with E-state index >= 15 is 4.39 Å². The summed E-state index contributed by atoms with van der Waals surface area (Å²) in [5.41, 5.74) is -0.635. The molecule has 6 N–H and O–H groups in total. The topological polar surface area (TPSA) is 179 Å². The average molecular weight is 834 g/mol. The summed E-state index contributed by atoms with van der Waals surface area (Å²) >= 11 is 3.67. The van der Waals surface area contributed by atoms with Crippen molar-refractivity contribution in [2.24, 2.45) is 0 Å². The number of amides is 5. The Balaban J connectivity index is 1.16. The van der Waals surface area contributed by atoms with Gasteiger partial charge in [0.2, 0.25) is 17.2 Å². The van der Waals surface area contributed by atoms with Crippen molar-refractivity contribution >= 4 is 69.1 Å². The largest absolute Gasteiger partial charge is 0.505 e. The second kappa shape index (κ2) is 15.8. The van der Waals surface area contributed by atoms with E-state index in [2.05, 4.69) is 26.6 Å². The van der Waals surface area contributed by atoms with Gasteiger partial charge in [0.25, 0.3) is 5.91 Å². The molecule has 12 nitrogen and oxygen atoms in total. The number of carbonyl (C=O) groups excluding carboxylic acids is 4. The second-order valence-electron chi connectivity index (χ2n) is 12.2. The van der Waals surface area contributed by atoms with Crippen LogP contribution in [0.15, 0.2) is 51.7 Å². The van der Waals surface area contributed by atoms with Gasteiger partial charge in [-0.3, -0.25) is 19.2 Å². The Bertz CT molecular complexity index is 2050. The van der Waals surface area contributed by atoms with E-state index in [1.165, 1.54) is 6.07 Å². The van der Waals surface area contributed by atoms with Crippen molar-refractivity contribution < 1.29 is 37.5 Å². The van der Waals surface area contributed by atoms with Gasteiger partial charge >= 0.3 is 6.03 Å². The lowest BCUT2D eigenvalue weighted by Gasteiger charge is -2.20. The van der Waals surface area contributed by atoms with E-state index in [0.29, 0.717) is 18.1 Å². The zero-order valence-corrected chi connectivity index (χ0v) is 30.1. The van der Waals surface area contributed by atoms with Crippen LogP contribution in [0.4, 0.5) is 13.6 Å². The Hall–Kier alpha value is -4.45. The molecule has 6 rings (SSSR count). The molecule has 0 aromatic heterocycles. The van der Waals surface area contributed by atoms with Crippen LogP contribution in [0.2, 0.25) is 0 Å². The lowest BCUT2D eigenvalue weighted by Crippen LogP contribution is -2.36. The highest BCUT2D eigenvalue weighted by molar-refractivity contribution is 14.1. The van der Waals surface area contributed by atoms with Gasteiger partial charge < -0.3 is 36.1 Å². The van der Waals surface area contributed by atoms with E-state index in [9.17, 15) is 33.5 Å². The van der Waals surface area contributed by atoms with Crippen LogP contribution >= 0.6 is 34.4 Å². The van der Waals surface area contributed by atoms with E-state index < -0.39 is 34.6 Å². The Kier molecular flexibility index (Phi) is 11.3. The summed E-state index contributed by atoms with van der Waals surface area (Å²) in [6.45, 7) is -0.102. The van der Waals surface area contributed by atoms with Crippen molar-refractivity contribution in [3.05, 3.63) is 75.4 Å². The number of benzene rings is 3. The van der Waals surface area contributed by atoms with Gasteiger partial charge in [-0.15, -0.1) is 0 Å². The second-order valence-corrected chi connectivity index (χ2v) is 14.3. The molecule has 3 heterocycles. The molecule has 16 heteroatoms. The Morgan fingerprint density at radius 1 is 0.961 bits per heavy atom. The molecule has 2 aromatic carbocycles. The van der Waals surface area contributed by atoms with Crippen LogP contribution < -0.4 is 32.0 Å². The van der Waals surface area contributed by atoms with E-state index in [1.54, 1.807) is 18.2 Å². The quantitative estimate of drug-likeness (QED) is 0.0382. The fourth-order valence-electron chi connectivity index (χ4n) is 6.47. The average Bonchev–Trinajstić information content (AvgIpc) is 3.67. The van der Waals surface area contributed by atoms with Gasteiger partial charge in [-0.2, -0.15) is 11.8 Å². The maximum Gasteiger partial charge on any atom is 0.315 e. The summed E-state index contributed by atoms with van der Waals surface area (Å²) in [5, 5.41) is 24.6. The number of unbranched alkanes of at least 4 members (excludes halogenated alkanes) is 1. The number of phenols is 1. The lowest BCUT2D eigenvalue weighted by atomic mass is 9.89. The van der Waals surface area contributed by atoms with Crippen LogP contribution in [-0.2, 0) is 16.1 Å². The van der Waals surface area contributed by atoms with Crippen LogP contribution in [0.3, 0.4) is 0 Å². The molecule has 0 spiro atoms. The number of urea groups is 1. The van der Waals surface area contributed by atoms with Crippen molar-refractivity contribution in [3.63, 3.8) is 0 Å². The maximum atomic E-state index is 15.2. The van der Waals surface area contributed by atoms with Gasteiger partial charge in [0, 0.05) is 58.7 Å². The summed E-state index contributed by atoms with van der Waals surface area (Å²) in [5.74, 6) is -3.16. The van der Waals surface area contributed by atoms with Crippen LogP contribution in [-0.4, -0.2) is 69.5 Å². The summed E-state index contributed by atoms with van der Waals surface area (Å²) in [6, 6.07) is 9.49. The molecule has 3 unspecified atom stereocenters. The third-order valence-electron chi connectivity index (χ3n) is 8.92. The number of halogens is 3. The molecule has 3 atom stereocenters.